The molecule has 0 bridgehead atoms. The Bertz CT molecular complexity index is 441. The Balaban J connectivity index is 2.45. The average Bonchev–Trinajstić information content (AvgIpc) is 2.32. The highest BCUT2D eigenvalue weighted by Gasteiger charge is 2.11. The molecule has 1 atom stereocenters. The lowest BCUT2D eigenvalue weighted by molar-refractivity contribution is 0.148. The lowest BCUT2D eigenvalue weighted by Gasteiger charge is -2.14. The van der Waals surface area contributed by atoms with Crippen LogP contribution in [0.15, 0.2) is 18.2 Å². The van der Waals surface area contributed by atoms with E-state index in [1.54, 1.807) is 0 Å². The normalized spacial score (nSPS) is 12.3. The minimum atomic E-state index is -0.679. The van der Waals surface area contributed by atoms with Crippen LogP contribution < -0.4 is 10.6 Å². The van der Waals surface area contributed by atoms with Crippen LogP contribution in [0, 0.1) is 11.7 Å². The summed E-state index contributed by atoms with van der Waals surface area (Å²) in [5.41, 5.74) is 0.00310. The van der Waals surface area contributed by atoms with Gasteiger partial charge in [0.1, 0.15) is 0 Å². The molecule has 2 amide bonds. The van der Waals surface area contributed by atoms with Crippen molar-refractivity contribution in [2.24, 2.45) is 5.92 Å². The Morgan fingerprint density at radius 1 is 1.47 bits per heavy atom. The standard InChI is InChI=1S/C13H18ClFN2O2/c1-8(2)6-9(18)7-16-13(19)17-11-5-3-4-10(14)12(11)15/h3-5,8-9,18H,6-7H2,1-2H3,(H2,16,17,19). The average molecular weight is 289 g/mol. The van der Waals surface area contributed by atoms with Crippen molar-refractivity contribution < 1.29 is 14.3 Å². The highest BCUT2D eigenvalue weighted by atomic mass is 35.5. The van der Waals surface area contributed by atoms with E-state index in [4.69, 9.17) is 11.6 Å². The Kier molecular flexibility index (Phi) is 6.05. The second-order valence-electron chi connectivity index (χ2n) is 4.72. The Hall–Kier alpha value is -1.33. The van der Waals surface area contributed by atoms with Crippen molar-refractivity contribution in [1.82, 2.24) is 5.32 Å². The molecule has 0 fully saturated rings. The molecule has 0 saturated heterocycles. The van der Waals surface area contributed by atoms with Crippen molar-refractivity contribution in [2.45, 2.75) is 26.4 Å². The maximum atomic E-state index is 13.5. The molecule has 3 N–H and O–H groups in total. The number of benzene rings is 1. The van der Waals surface area contributed by atoms with E-state index < -0.39 is 18.0 Å². The van der Waals surface area contributed by atoms with Crippen molar-refractivity contribution in [3.05, 3.63) is 29.0 Å². The summed E-state index contributed by atoms with van der Waals surface area (Å²) in [6, 6.07) is 3.76. The maximum absolute atomic E-state index is 13.5. The SMILES string of the molecule is CC(C)CC(O)CNC(=O)Nc1cccc(Cl)c1F. The molecular weight excluding hydrogens is 271 g/mol. The first-order valence-corrected chi connectivity index (χ1v) is 6.45. The number of aliphatic hydroxyl groups excluding tert-OH is 1. The third-order valence-electron chi connectivity index (χ3n) is 2.44. The van der Waals surface area contributed by atoms with E-state index in [2.05, 4.69) is 10.6 Å². The summed E-state index contributed by atoms with van der Waals surface area (Å²) in [5.74, 6) is -0.340. The summed E-state index contributed by atoms with van der Waals surface area (Å²) < 4.78 is 13.5. The summed E-state index contributed by atoms with van der Waals surface area (Å²) in [7, 11) is 0. The Labute approximate surface area is 117 Å². The number of rotatable bonds is 5. The molecular formula is C13H18ClFN2O2. The van der Waals surface area contributed by atoms with Gasteiger partial charge in [0.05, 0.1) is 16.8 Å². The smallest absolute Gasteiger partial charge is 0.319 e. The lowest BCUT2D eigenvalue weighted by Crippen LogP contribution is -2.35. The molecule has 0 radical (unpaired) electrons. The molecule has 4 nitrogen and oxygen atoms in total. The number of halogens is 2. The van der Waals surface area contributed by atoms with E-state index in [-0.39, 0.29) is 17.3 Å². The molecule has 1 unspecified atom stereocenters. The number of carbonyl (C=O) groups is 1. The van der Waals surface area contributed by atoms with Gasteiger partial charge in [-0.25, -0.2) is 9.18 Å². The van der Waals surface area contributed by atoms with Crippen molar-refractivity contribution in [2.75, 3.05) is 11.9 Å². The fourth-order valence-corrected chi connectivity index (χ4v) is 1.78. The van der Waals surface area contributed by atoms with Gasteiger partial charge in [0, 0.05) is 6.54 Å². The van der Waals surface area contributed by atoms with Gasteiger partial charge in [0.15, 0.2) is 5.82 Å². The van der Waals surface area contributed by atoms with Crippen LogP contribution in [0.1, 0.15) is 20.3 Å². The zero-order chi connectivity index (χ0) is 14.4. The first kappa shape index (κ1) is 15.7. The van der Waals surface area contributed by atoms with Crippen LogP contribution in [0.3, 0.4) is 0 Å². The summed E-state index contributed by atoms with van der Waals surface area (Å²) in [6.07, 6.45) is -0.0267. The maximum Gasteiger partial charge on any atom is 0.319 e. The van der Waals surface area contributed by atoms with Gasteiger partial charge in [-0.2, -0.15) is 0 Å². The molecule has 1 aromatic rings. The molecule has 6 heteroatoms. The van der Waals surface area contributed by atoms with E-state index in [1.165, 1.54) is 18.2 Å². The molecule has 0 saturated carbocycles. The fourth-order valence-electron chi connectivity index (χ4n) is 1.60. The topological polar surface area (TPSA) is 61.4 Å². The molecule has 0 heterocycles. The van der Waals surface area contributed by atoms with E-state index in [0.717, 1.165) is 0 Å². The van der Waals surface area contributed by atoms with Crippen molar-refractivity contribution in [1.29, 1.82) is 0 Å². The number of urea groups is 1. The van der Waals surface area contributed by atoms with Gasteiger partial charge in [-0.1, -0.05) is 31.5 Å². The molecule has 19 heavy (non-hydrogen) atoms. The van der Waals surface area contributed by atoms with Crippen molar-refractivity contribution in [3.8, 4) is 0 Å². The molecule has 0 aromatic heterocycles. The highest BCUT2D eigenvalue weighted by molar-refractivity contribution is 6.31. The van der Waals surface area contributed by atoms with Gasteiger partial charge in [-0.3, -0.25) is 0 Å². The Morgan fingerprint density at radius 3 is 2.79 bits per heavy atom. The first-order chi connectivity index (χ1) is 8.90. The van der Waals surface area contributed by atoms with Crippen LogP contribution in [0.5, 0.6) is 0 Å². The van der Waals surface area contributed by atoms with Gasteiger partial charge >= 0.3 is 6.03 Å². The number of hydrogen-bond donors (Lipinski definition) is 3. The van der Waals surface area contributed by atoms with Gasteiger partial charge < -0.3 is 15.7 Å². The van der Waals surface area contributed by atoms with E-state index in [0.29, 0.717) is 12.3 Å². The minimum absolute atomic E-state index is 0.00310. The molecule has 106 valence electrons. The second-order valence-corrected chi connectivity index (χ2v) is 5.13. The largest absolute Gasteiger partial charge is 0.391 e. The van der Waals surface area contributed by atoms with Gasteiger partial charge in [-0.05, 0) is 24.5 Å². The number of hydrogen-bond acceptors (Lipinski definition) is 2. The number of anilines is 1. The molecule has 0 aliphatic carbocycles. The van der Waals surface area contributed by atoms with Crippen LogP contribution >= 0.6 is 11.6 Å². The van der Waals surface area contributed by atoms with Crippen molar-refractivity contribution >= 4 is 23.3 Å². The zero-order valence-electron chi connectivity index (χ0n) is 10.9. The number of nitrogens with one attached hydrogen (secondary N) is 2. The predicted molar refractivity (Wildman–Crippen MR) is 73.9 cm³/mol. The summed E-state index contributed by atoms with van der Waals surface area (Å²) >= 11 is 5.60. The van der Waals surface area contributed by atoms with E-state index >= 15 is 0 Å². The minimum Gasteiger partial charge on any atom is -0.391 e. The van der Waals surface area contributed by atoms with Crippen molar-refractivity contribution in [3.63, 3.8) is 0 Å². The quantitative estimate of drug-likeness (QED) is 0.780. The van der Waals surface area contributed by atoms with Gasteiger partial charge in [0.25, 0.3) is 0 Å². The van der Waals surface area contributed by atoms with Crippen LogP contribution in [0.2, 0.25) is 5.02 Å². The molecule has 0 spiro atoms. The fraction of sp³-hybridized carbons (Fsp3) is 0.462. The molecule has 0 aliphatic heterocycles. The van der Waals surface area contributed by atoms with Crippen LogP contribution in [0.25, 0.3) is 0 Å². The number of carbonyl (C=O) groups excluding carboxylic acids is 1. The zero-order valence-corrected chi connectivity index (χ0v) is 11.7. The first-order valence-electron chi connectivity index (χ1n) is 6.07. The number of amides is 2. The Morgan fingerprint density at radius 2 is 2.16 bits per heavy atom. The van der Waals surface area contributed by atoms with Gasteiger partial charge in [-0.15, -0.1) is 0 Å². The summed E-state index contributed by atoms with van der Waals surface area (Å²) in [6.45, 7) is 4.07. The van der Waals surface area contributed by atoms with E-state index in [1.807, 2.05) is 13.8 Å². The van der Waals surface area contributed by atoms with Crippen LogP contribution in [0.4, 0.5) is 14.9 Å². The summed E-state index contributed by atoms with van der Waals surface area (Å²) in [4.78, 5) is 11.5. The van der Waals surface area contributed by atoms with Gasteiger partial charge in [0.2, 0.25) is 0 Å². The monoisotopic (exact) mass is 288 g/mol. The highest BCUT2D eigenvalue weighted by Crippen LogP contribution is 2.21. The third kappa shape index (κ3) is 5.44. The lowest BCUT2D eigenvalue weighted by atomic mass is 10.1. The summed E-state index contributed by atoms with van der Waals surface area (Å²) in [5, 5.41) is 14.4. The van der Waals surface area contributed by atoms with E-state index in [9.17, 15) is 14.3 Å². The predicted octanol–water partition coefficient (Wildman–Crippen LogP) is 3.01. The van der Waals surface area contributed by atoms with Crippen LogP contribution in [-0.2, 0) is 0 Å². The molecule has 1 rings (SSSR count). The third-order valence-corrected chi connectivity index (χ3v) is 2.73. The molecule has 0 aliphatic rings. The number of aliphatic hydroxyl groups is 1. The molecule has 1 aromatic carbocycles. The van der Waals surface area contributed by atoms with Crippen LogP contribution in [-0.4, -0.2) is 23.8 Å². The second kappa shape index (κ2) is 7.31.